The third-order valence-electron chi connectivity index (χ3n) is 7.19. The summed E-state index contributed by atoms with van der Waals surface area (Å²) >= 11 is 0. The van der Waals surface area contributed by atoms with Gasteiger partial charge in [0.25, 0.3) is 0 Å². The van der Waals surface area contributed by atoms with Crippen molar-refractivity contribution in [1.82, 2.24) is 14.5 Å². The lowest BCUT2D eigenvalue weighted by atomic mass is 9.97. The highest BCUT2D eigenvalue weighted by Crippen LogP contribution is 2.32. The maximum atomic E-state index is 15.2. The number of hydrogen-bond acceptors (Lipinski definition) is 5. The zero-order chi connectivity index (χ0) is 25.9. The largest absolute Gasteiger partial charge is 0.495 e. The van der Waals surface area contributed by atoms with Crippen LogP contribution in [0.2, 0.25) is 0 Å². The van der Waals surface area contributed by atoms with Gasteiger partial charge in [-0.25, -0.2) is 9.37 Å². The summed E-state index contributed by atoms with van der Waals surface area (Å²) in [6.07, 6.45) is 7.13. The Morgan fingerprint density at radius 3 is 2.65 bits per heavy atom. The molecular weight excluding hydrogens is 471 g/mol. The van der Waals surface area contributed by atoms with Gasteiger partial charge in [0.2, 0.25) is 5.91 Å². The molecule has 0 unspecified atom stereocenters. The highest BCUT2D eigenvalue weighted by atomic mass is 19.1. The summed E-state index contributed by atoms with van der Waals surface area (Å²) in [7, 11) is 1.63. The number of nitrogens with zero attached hydrogens (tertiary/aromatic N) is 4. The predicted molar refractivity (Wildman–Crippen MR) is 142 cm³/mol. The number of halogens is 1. The zero-order valence-electron chi connectivity index (χ0n) is 21.6. The number of aromatic nitrogens is 2. The van der Waals surface area contributed by atoms with Gasteiger partial charge in [0.1, 0.15) is 11.6 Å². The van der Waals surface area contributed by atoms with E-state index < -0.39 is 0 Å². The second-order valence-electron chi connectivity index (χ2n) is 9.61. The van der Waals surface area contributed by atoms with Crippen LogP contribution in [0.3, 0.4) is 0 Å². The average molecular weight is 505 g/mol. The number of morpholine rings is 1. The third-order valence-corrected chi connectivity index (χ3v) is 7.19. The lowest BCUT2D eigenvalue weighted by Crippen LogP contribution is -2.39. The number of likely N-dealkylation sites (tertiary alicyclic amines) is 1. The van der Waals surface area contributed by atoms with Gasteiger partial charge in [-0.1, -0.05) is 12.1 Å². The van der Waals surface area contributed by atoms with Crippen molar-refractivity contribution in [3.05, 3.63) is 77.1 Å². The zero-order valence-corrected chi connectivity index (χ0v) is 21.6. The van der Waals surface area contributed by atoms with Crippen molar-refractivity contribution in [3.63, 3.8) is 0 Å². The topological polar surface area (TPSA) is 59.8 Å². The lowest BCUT2D eigenvalue weighted by molar-refractivity contribution is -0.130. The first kappa shape index (κ1) is 25.0. The molecule has 5 rings (SSSR count). The van der Waals surface area contributed by atoms with E-state index in [1.165, 1.54) is 0 Å². The van der Waals surface area contributed by atoms with E-state index in [0.29, 0.717) is 37.5 Å². The minimum atomic E-state index is -0.365. The molecule has 3 aromatic rings. The molecule has 7 nitrogen and oxygen atoms in total. The van der Waals surface area contributed by atoms with Crippen molar-refractivity contribution in [3.8, 4) is 11.4 Å². The molecule has 37 heavy (non-hydrogen) atoms. The molecule has 1 atom stereocenters. The monoisotopic (exact) mass is 504 g/mol. The quantitative estimate of drug-likeness (QED) is 0.446. The molecule has 0 aliphatic carbocycles. The first-order chi connectivity index (χ1) is 17.9. The van der Waals surface area contributed by atoms with Crippen molar-refractivity contribution in [1.29, 1.82) is 0 Å². The van der Waals surface area contributed by atoms with E-state index in [-0.39, 0.29) is 17.8 Å². The number of amides is 1. The van der Waals surface area contributed by atoms with Gasteiger partial charge in [0, 0.05) is 42.7 Å². The van der Waals surface area contributed by atoms with E-state index in [2.05, 4.69) is 9.88 Å². The van der Waals surface area contributed by atoms with Gasteiger partial charge in [0.05, 0.1) is 44.1 Å². The number of imidazole rings is 1. The Bertz CT molecular complexity index is 1310. The second kappa shape index (κ2) is 10.8. The fraction of sp³-hybridized carbons (Fsp3) is 0.379. The van der Waals surface area contributed by atoms with E-state index in [4.69, 9.17) is 9.47 Å². The molecule has 2 aliphatic rings. The number of carbonyl (C=O) groups excluding carboxylic acids is 1. The summed E-state index contributed by atoms with van der Waals surface area (Å²) in [5, 5.41) is 0. The summed E-state index contributed by atoms with van der Waals surface area (Å²) < 4.78 is 28.2. The molecule has 1 amide bonds. The minimum Gasteiger partial charge on any atom is -0.495 e. The van der Waals surface area contributed by atoms with E-state index >= 15 is 4.39 Å². The van der Waals surface area contributed by atoms with Crippen LogP contribution in [0.15, 0.2) is 54.5 Å². The van der Waals surface area contributed by atoms with Crippen molar-refractivity contribution in [2.75, 3.05) is 44.9 Å². The molecule has 0 N–H and O–H groups in total. The van der Waals surface area contributed by atoms with Crippen LogP contribution in [-0.2, 0) is 9.53 Å². The van der Waals surface area contributed by atoms with Crippen molar-refractivity contribution < 1.29 is 18.7 Å². The van der Waals surface area contributed by atoms with Crippen LogP contribution in [0.4, 0.5) is 10.1 Å². The standard InChI is InChI=1S/C29H33FN4O3/c1-20-18-33(19-31-20)27-9-6-22(16-28(27)36-3)15-23-5-4-10-34(29(23)35)21(2)25-8-7-24(17-26(25)30)32-11-13-37-14-12-32/h6-9,15-19,21H,4-5,10-14H2,1-3H3/b23-15+/t21-/m1/s1. The third kappa shape index (κ3) is 5.25. The summed E-state index contributed by atoms with van der Waals surface area (Å²) in [6, 6.07) is 10.8. The first-order valence-electron chi connectivity index (χ1n) is 12.8. The molecule has 0 spiro atoms. The Morgan fingerprint density at radius 1 is 1.14 bits per heavy atom. The molecule has 1 aromatic heterocycles. The number of aryl methyl sites for hydroxylation is 1. The van der Waals surface area contributed by atoms with Crippen molar-refractivity contribution in [2.45, 2.75) is 32.7 Å². The molecule has 2 fully saturated rings. The van der Waals surface area contributed by atoms with E-state index in [1.54, 1.807) is 24.4 Å². The van der Waals surface area contributed by atoms with Crippen LogP contribution >= 0.6 is 0 Å². The Labute approximate surface area is 217 Å². The number of methoxy groups -OCH3 is 1. The molecule has 0 bridgehead atoms. The smallest absolute Gasteiger partial charge is 0.250 e. The fourth-order valence-electron chi connectivity index (χ4n) is 5.13. The van der Waals surface area contributed by atoms with Gasteiger partial charge >= 0.3 is 0 Å². The molecule has 194 valence electrons. The van der Waals surface area contributed by atoms with Crippen LogP contribution < -0.4 is 9.64 Å². The number of rotatable bonds is 6. The molecule has 2 aromatic carbocycles. The van der Waals surface area contributed by atoms with E-state index in [9.17, 15) is 4.79 Å². The highest BCUT2D eigenvalue weighted by Gasteiger charge is 2.29. The lowest BCUT2D eigenvalue weighted by Gasteiger charge is -2.35. The Kier molecular flexibility index (Phi) is 7.28. The van der Waals surface area contributed by atoms with Crippen LogP contribution in [-0.4, -0.2) is 60.3 Å². The Hall–Kier alpha value is -3.65. The number of ether oxygens (including phenoxy) is 2. The SMILES string of the molecule is COc1cc(/C=C2\CCCN([C@H](C)c3ccc(N4CCOCC4)cc3F)C2=O)ccc1-n1cnc(C)c1. The molecule has 0 radical (unpaired) electrons. The van der Waals surface area contributed by atoms with Crippen molar-refractivity contribution in [2.24, 2.45) is 0 Å². The summed E-state index contributed by atoms with van der Waals surface area (Å²) in [5.74, 6) is 0.363. The number of carbonyl (C=O) groups is 1. The van der Waals surface area contributed by atoms with Crippen molar-refractivity contribution >= 4 is 17.7 Å². The summed E-state index contributed by atoms with van der Waals surface area (Å²) in [4.78, 5) is 21.7. The van der Waals surface area contributed by atoms with Crippen LogP contribution in [0.5, 0.6) is 5.75 Å². The van der Waals surface area contributed by atoms with E-state index in [0.717, 1.165) is 47.7 Å². The number of hydrogen-bond donors (Lipinski definition) is 0. The van der Waals surface area contributed by atoms with Crippen LogP contribution in [0.25, 0.3) is 11.8 Å². The van der Waals surface area contributed by atoms with Gasteiger partial charge in [-0.15, -0.1) is 0 Å². The van der Waals surface area contributed by atoms with E-state index in [1.807, 2.05) is 61.0 Å². The second-order valence-corrected chi connectivity index (χ2v) is 9.61. The molecule has 0 saturated carbocycles. The summed E-state index contributed by atoms with van der Waals surface area (Å²) in [5.41, 5.74) is 4.79. The number of piperidine rings is 1. The molecular formula is C29H33FN4O3. The van der Waals surface area contributed by atoms with Gasteiger partial charge < -0.3 is 23.8 Å². The van der Waals surface area contributed by atoms with Crippen LogP contribution in [0.1, 0.15) is 42.6 Å². The molecule has 2 saturated heterocycles. The predicted octanol–water partition coefficient (Wildman–Crippen LogP) is 4.93. The maximum absolute atomic E-state index is 15.2. The highest BCUT2D eigenvalue weighted by molar-refractivity contribution is 5.98. The molecule has 3 heterocycles. The average Bonchev–Trinajstić information content (AvgIpc) is 3.35. The summed E-state index contributed by atoms with van der Waals surface area (Å²) in [6.45, 7) is 7.24. The minimum absolute atomic E-state index is 0.0521. The number of anilines is 1. The number of benzene rings is 2. The van der Waals surface area contributed by atoms with Gasteiger partial charge in [0.15, 0.2) is 0 Å². The van der Waals surface area contributed by atoms with Gasteiger partial charge in [-0.3, -0.25) is 4.79 Å². The van der Waals surface area contributed by atoms with Gasteiger partial charge in [-0.05, 0) is 62.6 Å². The Balaban J connectivity index is 1.35. The maximum Gasteiger partial charge on any atom is 0.250 e. The normalized spacial score (nSPS) is 18.4. The Morgan fingerprint density at radius 2 is 1.95 bits per heavy atom. The first-order valence-corrected chi connectivity index (χ1v) is 12.8. The fourth-order valence-corrected chi connectivity index (χ4v) is 5.13. The van der Waals surface area contributed by atoms with Gasteiger partial charge in [-0.2, -0.15) is 0 Å². The van der Waals surface area contributed by atoms with Crippen LogP contribution in [0, 0.1) is 12.7 Å². The molecule has 2 aliphatic heterocycles. The molecule has 8 heteroatoms.